The van der Waals surface area contributed by atoms with E-state index in [1.165, 1.54) is 31.3 Å². The number of hydrogen-bond donors (Lipinski definition) is 0. The van der Waals surface area contributed by atoms with Gasteiger partial charge >= 0.3 is 0 Å². The van der Waals surface area contributed by atoms with E-state index in [4.69, 9.17) is 0 Å². The van der Waals surface area contributed by atoms with Gasteiger partial charge in [0.2, 0.25) is 0 Å². The second kappa shape index (κ2) is 4.10. The fraction of sp³-hybridized carbons (Fsp3) is 1.00. The zero-order valence-electron chi connectivity index (χ0n) is 8.44. The molecule has 0 aliphatic heterocycles. The Morgan fingerprint density at radius 3 is 2.33 bits per heavy atom. The van der Waals surface area contributed by atoms with Crippen LogP contribution in [0.25, 0.3) is 0 Å². The van der Waals surface area contributed by atoms with Crippen LogP contribution >= 0.6 is 15.9 Å². The molecule has 1 nitrogen and oxygen atoms in total. The van der Waals surface area contributed by atoms with Crippen LogP contribution in [0.4, 0.5) is 0 Å². The fourth-order valence-electron chi connectivity index (χ4n) is 1.77. The van der Waals surface area contributed by atoms with Crippen LogP contribution in [0.15, 0.2) is 0 Å². The molecule has 0 unspecified atom stereocenters. The molecule has 0 amide bonds. The molecular weight excluding hydrogens is 214 g/mol. The van der Waals surface area contributed by atoms with E-state index in [-0.39, 0.29) is 0 Å². The van der Waals surface area contributed by atoms with Gasteiger partial charge in [-0.15, -0.1) is 0 Å². The van der Waals surface area contributed by atoms with E-state index in [0.717, 1.165) is 5.92 Å². The van der Waals surface area contributed by atoms with Gasteiger partial charge in [0, 0.05) is 18.4 Å². The highest BCUT2D eigenvalue weighted by Gasteiger charge is 2.41. The zero-order valence-corrected chi connectivity index (χ0v) is 10.0. The van der Waals surface area contributed by atoms with Crippen molar-refractivity contribution in [1.82, 2.24) is 4.90 Å². The van der Waals surface area contributed by atoms with Gasteiger partial charge in [-0.2, -0.15) is 0 Å². The van der Waals surface area contributed by atoms with Gasteiger partial charge in [0.1, 0.15) is 0 Å². The Balaban J connectivity index is 2.21. The lowest BCUT2D eigenvalue weighted by Gasteiger charge is -2.23. The maximum absolute atomic E-state index is 3.60. The van der Waals surface area contributed by atoms with E-state index >= 15 is 0 Å². The van der Waals surface area contributed by atoms with E-state index in [1.54, 1.807) is 0 Å². The Labute approximate surface area is 84.6 Å². The minimum absolute atomic E-state index is 0.643. The average molecular weight is 234 g/mol. The number of nitrogens with zero attached hydrogens (tertiary/aromatic N) is 1. The first-order chi connectivity index (χ1) is 5.58. The molecule has 12 heavy (non-hydrogen) atoms. The Morgan fingerprint density at radius 2 is 2.00 bits per heavy atom. The highest BCUT2D eigenvalue weighted by molar-refractivity contribution is 9.09. The summed E-state index contributed by atoms with van der Waals surface area (Å²) in [5, 5.41) is 1.18. The van der Waals surface area contributed by atoms with Gasteiger partial charge in [-0.05, 0) is 31.2 Å². The number of hydrogen-bond acceptors (Lipinski definition) is 1. The molecular formula is C10H20BrN. The van der Waals surface area contributed by atoms with Gasteiger partial charge in [0.05, 0.1) is 0 Å². The SMILES string of the molecule is CC(C)CN(C)CC1(CBr)CC1. The average Bonchev–Trinajstić information content (AvgIpc) is 2.67. The smallest absolute Gasteiger partial charge is 0.0100 e. The number of halogens is 1. The summed E-state index contributed by atoms with van der Waals surface area (Å²) in [4.78, 5) is 2.47. The first-order valence-corrected chi connectivity index (χ1v) is 5.95. The van der Waals surface area contributed by atoms with Crippen LogP contribution in [0, 0.1) is 11.3 Å². The molecule has 0 aromatic rings. The van der Waals surface area contributed by atoms with Crippen LogP contribution < -0.4 is 0 Å². The molecule has 0 spiro atoms. The highest BCUT2D eigenvalue weighted by atomic mass is 79.9. The van der Waals surface area contributed by atoms with Crippen molar-refractivity contribution in [2.24, 2.45) is 11.3 Å². The van der Waals surface area contributed by atoms with Gasteiger partial charge in [0.15, 0.2) is 0 Å². The third-order valence-electron chi connectivity index (χ3n) is 2.52. The molecule has 0 atom stereocenters. The standard InChI is InChI=1S/C10H20BrN/c1-9(2)6-12(3)8-10(7-11)4-5-10/h9H,4-8H2,1-3H3. The first-order valence-electron chi connectivity index (χ1n) is 4.82. The molecule has 0 saturated heterocycles. The summed E-state index contributed by atoms with van der Waals surface area (Å²) in [6.45, 7) is 7.07. The lowest BCUT2D eigenvalue weighted by Crippen LogP contribution is -2.30. The second-order valence-corrected chi connectivity index (χ2v) is 5.28. The van der Waals surface area contributed by atoms with Crippen molar-refractivity contribution in [2.45, 2.75) is 26.7 Å². The lowest BCUT2D eigenvalue weighted by molar-refractivity contribution is 0.251. The van der Waals surface area contributed by atoms with Gasteiger partial charge in [-0.1, -0.05) is 29.8 Å². The lowest BCUT2D eigenvalue weighted by atomic mass is 10.1. The minimum atomic E-state index is 0.643. The largest absolute Gasteiger partial charge is 0.306 e. The van der Waals surface area contributed by atoms with E-state index in [0.29, 0.717) is 5.41 Å². The monoisotopic (exact) mass is 233 g/mol. The summed E-state index contributed by atoms with van der Waals surface area (Å²) in [6.07, 6.45) is 2.83. The maximum atomic E-state index is 3.60. The summed E-state index contributed by atoms with van der Waals surface area (Å²) in [7, 11) is 2.24. The molecule has 2 heteroatoms. The molecule has 1 rings (SSSR count). The third-order valence-corrected chi connectivity index (χ3v) is 3.71. The first kappa shape index (κ1) is 10.5. The molecule has 1 fully saturated rings. The van der Waals surface area contributed by atoms with E-state index in [2.05, 4.69) is 41.7 Å². The van der Waals surface area contributed by atoms with Crippen LogP contribution in [0.3, 0.4) is 0 Å². The van der Waals surface area contributed by atoms with Crippen molar-refractivity contribution in [1.29, 1.82) is 0 Å². The molecule has 0 N–H and O–H groups in total. The van der Waals surface area contributed by atoms with Gasteiger partial charge in [-0.25, -0.2) is 0 Å². The summed E-state index contributed by atoms with van der Waals surface area (Å²) in [5.74, 6) is 0.793. The molecule has 0 radical (unpaired) electrons. The van der Waals surface area contributed by atoms with Gasteiger partial charge in [0.25, 0.3) is 0 Å². The maximum Gasteiger partial charge on any atom is 0.0100 e. The number of rotatable bonds is 5. The minimum Gasteiger partial charge on any atom is -0.306 e. The van der Waals surface area contributed by atoms with Crippen molar-refractivity contribution >= 4 is 15.9 Å². The predicted molar refractivity (Wildman–Crippen MR) is 57.8 cm³/mol. The predicted octanol–water partition coefficient (Wildman–Crippen LogP) is 2.75. The molecule has 72 valence electrons. The quantitative estimate of drug-likeness (QED) is 0.661. The van der Waals surface area contributed by atoms with Crippen LogP contribution in [-0.4, -0.2) is 30.4 Å². The molecule has 0 bridgehead atoms. The topological polar surface area (TPSA) is 3.24 Å². The normalized spacial score (nSPS) is 20.5. The van der Waals surface area contributed by atoms with Crippen molar-refractivity contribution in [3.05, 3.63) is 0 Å². The third kappa shape index (κ3) is 3.06. The zero-order chi connectivity index (χ0) is 9.19. The molecule has 1 aliphatic carbocycles. The Kier molecular flexibility index (Phi) is 3.59. The fourth-order valence-corrected chi connectivity index (χ4v) is 2.51. The van der Waals surface area contributed by atoms with Gasteiger partial charge in [-0.3, -0.25) is 0 Å². The van der Waals surface area contributed by atoms with Crippen LogP contribution in [0.1, 0.15) is 26.7 Å². The van der Waals surface area contributed by atoms with E-state index in [1.807, 2.05) is 0 Å². The Hall–Kier alpha value is 0.440. The number of alkyl halides is 1. The van der Waals surface area contributed by atoms with Crippen LogP contribution in [0.2, 0.25) is 0 Å². The Bertz CT molecular complexity index is 141. The summed E-state index contributed by atoms with van der Waals surface area (Å²) in [5.41, 5.74) is 0.643. The van der Waals surface area contributed by atoms with Crippen LogP contribution in [0.5, 0.6) is 0 Å². The summed E-state index contributed by atoms with van der Waals surface area (Å²) in [6, 6.07) is 0. The molecule has 0 heterocycles. The van der Waals surface area contributed by atoms with E-state index < -0.39 is 0 Å². The highest BCUT2D eigenvalue weighted by Crippen LogP contribution is 2.47. The van der Waals surface area contributed by atoms with Crippen molar-refractivity contribution in [3.63, 3.8) is 0 Å². The molecule has 0 aromatic carbocycles. The van der Waals surface area contributed by atoms with Crippen molar-refractivity contribution in [3.8, 4) is 0 Å². The van der Waals surface area contributed by atoms with Crippen molar-refractivity contribution in [2.75, 3.05) is 25.5 Å². The Morgan fingerprint density at radius 1 is 1.42 bits per heavy atom. The van der Waals surface area contributed by atoms with Crippen molar-refractivity contribution < 1.29 is 0 Å². The van der Waals surface area contributed by atoms with E-state index in [9.17, 15) is 0 Å². The van der Waals surface area contributed by atoms with Crippen LogP contribution in [-0.2, 0) is 0 Å². The second-order valence-electron chi connectivity index (χ2n) is 4.72. The molecule has 0 aromatic heterocycles. The summed E-state index contributed by atoms with van der Waals surface area (Å²) >= 11 is 3.60. The molecule has 1 aliphatic rings. The summed E-state index contributed by atoms with van der Waals surface area (Å²) < 4.78 is 0. The molecule has 1 saturated carbocycles. The van der Waals surface area contributed by atoms with Gasteiger partial charge < -0.3 is 4.90 Å².